The highest BCUT2D eigenvalue weighted by atomic mass is 32.1. The van der Waals surface area contributed by atoms with Gasteiger partial charge in [0.2, 0.25) is 0 Å². The van der Waals surface area contributed by atoms with Crippen molar-refractivity contribution in [3.05, 3.63) is 41.8 Å². The first-order chi connectivity index (χ1) is 10.9. The van der Waals surface area contributed by atoms with Gasteiger partial charge in [-0.25, -0.2) is 14.8 Å². The number of nitrogens with zero attached hydrogens (tertiary/aromatic N) is 3. The van der Waals surface area contributed by atoms with E-state index in [1.165, 1.54) is 23.6 Å². The van der Waals surface area contributed by atoms with Crippen LogP contribution in [-0.4, -0.2) is 21.0 Å². The van der Waals surface area contributed by atoms with Crippen molar-refractivity contribution in [3.8, 4) is 0 Å². The molecule has 0 radical (unpaired) electrons. The molecule has 0 aliphatic carbocycles. The molecule has 0 aromatic carbocycles. The van der Waals surface area contributed by atoms with E-state index < -0.39 is 17.9 Å². The molecule has 0 atom stereocenters. The zero-order chi connectivity index (χ0) is 16.4. The molecule has 3 heterocycles. The molecular weight excluding hydrogens is 331 g/mol. The molecule has 3 rings (SSSR count). The molecule has 3 aromatic rings. The number of carbonyl (C=O) groups excluding carboxylic acids is 1. The molecule has 23 heavy (non-hydrogen) atoms. The summed E-state index contributed by atoms with van der Waals surface area (Å²) in [6, 6.07) is 2.94. The quantitative estimate of drug-likeness (QED) is 0.745. The highest BCUT2D eigenvalue weighted by Crippen LogP contribution is 2.28. The summed E-state index contributed by atoms with van der Waals surface area (Å²) in [5.74, 6) is 0. The maximum atomic E-state index is 12.6. The summed E-state index contributed by atoms with van der Waals surface area (Å²) in [7, 11) is 0. The minimum Gasteiger partial charge on any atom is -0.308 e. The van der Waals surface area contributed by atoms with Gasteiger partial charge in [-0.05, 0) is 18.2 Å². The third-order valence-corrected chi connectivity index (χ3v) is 3.50. The number of pyridine rings is 2. The van der Waals surface area contributed by atoms with Gasteiger partial charge in [-0.2, -0.15) is 13.2 Å². The summed E-state index contributed by atoms with van der Waals surface area (Å²) in [4.78, 5) is 23.9. The van der Waals surface area contributed by atoms with Crippen molar-refractivity contribution >= 4 is 39.1 Å². The predicted octanol–water partition coefficient (Wildman–Crippen LogP) is 3.75. The molecule has 2 amide bonds. The molecule has 0 aliphatic rings. The Kier molecular flexibility index (Phi) is 3.82. The molecule has 0 aliphatic heterocycles. The van der Waals surface area contributed by atoms with E-state index in [9.17, 15) is 18.0 Å². The Hall–Kier alpha value is -2.75. The normalized spacial score (nSPS) is 11.4. The van der Waals surface area contributed by atoms with Crippen LogP contribution in [0.4, 0.5) is 29.3 Å². The zero-order valence-corrected chi connectivity index (χ0v) is 12.1. The Morgan fingerprint density at radius 1 is 1.09 bits per heavy atom. The van der Waals surface area contributed by atoms with Crippen LogP contribution in [0.2, 0.25) is 0 Å². The number of aromatic nitrogens is 3. The Morgan fingerprint density at radius 2 is 1.87 bits per heavy atom. The fourth-order valence-corrected chi connectivity index (χ4v) is 2.39. The molecule has 2 N–H and O–H groups in total. The van der Waals surface area contributed by atoms with Crippen LogP contribution < -0.4 is 10.6 Å². The van der Waals surface area contributed by atoms with E-state index in [4.69, 9.17) is 0 Å². The molecule has 118 valence electrons. The van der Waals surface area contributed by atoms with Gasteiger partial charge in [0, 0.05) is 11.9 Å². The number of nitrogens with one attached hydrogen (secondary N) is 2. The molecule has 10 heteroatoms. The number of fused-ring (bicyclic) bond motifs is 1. The molecule has 3 aromatic heterocycles. The van der Waals surface area contributed by atoms with Gasteiger partial charge in [0.25, 0.3) is 0 Å². The standard InChI is InChI=1S/C13H8F3N5OS/c14-13(15,16)10-4-7(1-2-17-10)20-12(22)21-8-3-9-11(18-5-8)23-6-19-9/h1-6H,(H2,17,20,21,22). The highest BCUT2D eigenvalue weighted by molar-refractivity contribution is 7.16. The van der Waals surface area contributed by atoms with Crippen LogP contribution in [0.25, 0.3) is 10.3 Å². The molecule has 6 nitrogen and oxygen atoms in total. The number of anilines is 2. The highest BCUT2D eigenvalue weighted by Gasteiger charge is 2.32. The van der Waals surface area contributed by atoms with Gasteiger partial charge in [-0.3, -0.25) is 4.98 Å². The van der Waals surface area contributed by atoms with Crippen LogP contribution in [-0.2, 0) is 6.18 Å². The van der Waals surface area contributed by atoms with E-state index in [1.807, 2.05) is 0 Å². The number of hydrogen-bond donors (Lipinski definition) is 2. The maximum Gasteiger partial charge on any atom is 0.433 e. The van der Waals surface area contributed by atoms with Crippen LogP contribution in [0.1, 0.15) is 5.69 Å². The summed E-state index contributed by atoms with van der Waals surface area (Å²) in [5.41, 5.74) is 1.52. The van der Waals surface area contributed by atoms with Crippen LogP contribution in [0, 0.1) is 0 Å². The lowest BCUT2D eigenvalue weighted by molar-refractivity contribution is -0.141. The number of carbonyl (C=O) groups is 1. The van der Waals surface area contributed by atoms with Crippen molar-refractivity contribution in [2.45, 2.75) is 6.18 Å². The summed E-state index contributed by atoms with van der Waals surface area (Å²) in [6.45, 7) is 0. The second-order valence-electron chi connectivity index (χ2n) is 4.41. The van der Waals surface area contributed by atoms with Gasteiger partial charge in [0.15, 0.2) is 0 Å². The van der Waals surface area contributed by atoms with Crippen molar-refractivity contribution < 1.29 is 18.0 Å². The van der Waals surface area contributed by atoms with Gasteiger partial charge >= 0.3 is 12.2 Å². The molecule has 0 spiro atoms. The summed E-state index contributed by atoms with van der Waals surface area (Å²) in [6.07, 6.45) is -2.16. The number of amides is 2. The molecule has 0 saturated heterocycles. The summed E-state index contributed by atoms with van der Waals surface area (Å²) in [5, 5.41) is 4.79. The Balaban J connectivity index is 1.71. The fourth-order valence-electron chi connectivity index (χ4n) is 1.78. The van der Waals surface area contributed by atoms with Crippen LogP contribution >= 0.6 is 11.3 Å². The number of hydrogen-bond acceptors (Lipinski definition) is 5. The number of halogens is 3. The smallest absolute Gasteiger partial charge is 0.308 e. The van der Waals surface area contributed by atoms with Crippen LogP contribution in [0.3, 0.4) is 0 Å². The van der Waals surface area contributed by atoms with Crippen molar-refractivity contribution in [3.63, 3.8) is 0 Å². The molecule has 0 saturated carbocycles. The van der Waals surface area contributed by atoms with E-state index in [0.29, 0.717) is 11.2 Å². The van der Waals surface area contributed by atoms with Crippen LogP contribution in [0.5, 0.6) is 0 Å². The van der Waals surface area contributed by atoms with E-state index >= 15 is 0 Å². The number of alkyl halides is 3. The van der Waals surface area contributed by atoms with Crippen molar-refractivity contribution in [1.82, 2.24) is 15.0 Å². The average molecular weight is 339 g/mol. The predicted molar refractivity (Wildman–Crippen MR) is 79.3 cm³/mol. The first-order valence-corrected chi connectivity index (χ1v) is 7.10. The minimum atomic E-state index is -4.58. The van der Waals surface area contributed by atoms with E-state index in [2.05, 4.69) is 25.6 Å². The Bertz CT molecular complexity index is 864. The average Bonchev–Trinajstić information content (AvgIpc) is 2.94. The first-order valence-electron chi connectivity index (χ1n) is 6.22. The van der Waals surface area contributed by atoms with Gasteiger partial charge in [0.1, 0.15) is 16.0 Å². The van der Waals surface area contributed by atoms with Gasteiger partial charge in [-0.15, -0.1) is 11.3 Å². The third kappa shape index (κ3) is 3.54. The monoisotopic (exact) mass is 339 g/mol. The van der Waals surface area contributed by atoms with Gasteiger partial charge < -0.3 is 10.6 Å². The second kappa shape index (κ2) is 5.80. The van der Waals surface area contributed by atoms with E-state index in [1.54, 1.807) is 11.6 Å². The first kappa shape index (κ1) is 15.2. The molecular formula is C13H8F3N5OS. The van der Waals surface area contributed by atoms with Crippen molar-refractivity contribution in [2.75, 3.05) is 10.6 Å². The maximum absolute atomic E-state index is 12.6. The lowest BCUT2D eigenvalue weighted by Crippen LogP contribution is -2.20. The minimum absolute atomic E-state index is 0.0208. The Labute approximate surface area is 131 Å². The topological polar surface area (TPSA) is 79.8 Å². The lowest BCUT2D eigenvalue weighted by Gasteiger charge is -2.10. The van der Waals surface area contributed by atoms with E-state index in [-0.39, 0.29) is 5.69 Å². The largest absolute Gasteiger partial charge is 0.433 e. The lowest BCUT2D eigenvalue weighted by atomic mass is 10.3. The number of thiazole rings is 1. The van der Waals surface area contributed by atoms with Gasteiger partial charge in [0.05, 0.1) is 17.4 Å². The number of urea groups is 1. The second-order valence-corrected chi connectivity index (χ2v) is 5.24. The Morgan fingerprint density at radius 3 is 2.65 bits per heavy atom. The summed E-state index contributed by atoms with van der Waals surface area (Å²) < 4.78 is 37.7. The van der Waals surface area contributed by atoms with E-state index in [0.717, 1.165) is 17.1 Å². The zero-order valence-electron chi connectivity index (χ0n) is 11.3. The van der Waals surface area contributed by atoms with Crippen molar-refractivity contribution in [1.29, 1.82) is 0 Å². The van der Waals surface area contributed by atoms with Crippen molar-refractivity contribution in [2.24, 2.45) is 0 Å². The van der Waals surface area contributed by atoms with Gasteiger partial charge in [-0.1, -0.05) is 0 Å². The molecule has 0 bridgehead atoms. The van der Waals surface area contributed by atoms with Crippen LogP contribution in [0.15, 0.2) is 36.1 Å². The summed E-state index contributed by atoms with van der Waals surface area (Å²) >= 11 is 1.36. The third-order valence-electron chi connectivity index (χ3n) is 2.75. The molecule has 0 unspecified atom stereocenters. The SMILES string of the molecule is O=C(Nc1ccnc(C(F)(F)F)c1)Nc1cnc2scnc2c1. The molecule has 0 fully saturated rings. The fraction of sp³-hybridized carbons (Fsp3) is 0.0769. The number of rotatable bonds is 2.